The molecule has 1 aromatic rings. The van der Waals surface area contributed by atoms with Crippen molar-refractivity contribution in [1.82, 2.24) is 4.98 Å². The van der Waals surface area contributed by atoms with E-state index < -0.39 is 0 Å². The van der Waals surface area contributed by atoms with Crippen LogP contribution in [-0.4, -0.2) is 24.2 Å². The van der Waals surface area contributed by atoms with E-state index in [4.69, 9.17) is 15.7 Å². The summed E-state index contributed by atoms with van der Waals surface area (Å²) in [4.78, 5) is 4.08. The Morgan fingerprint density at radius 2 is 2.44 bits per heavy atom. The molecular formula is C11H16N4O. The Hall–Kier alpha value is -1.80. The van der Waals surface area contributed by atoms with Gasteiger partial charge < -0.3 is 15.8 Å². The Labute approximate surface area is 95.2 Å². The number of nitriles is 1. The first-order valence-electron chi connectivity index (χ1n) is 5.17. The van der Waals surface area contributed by atoms with Crippen LogP contribution in [0.2, 0.25) is 0 Å². The minimum atomic E-state index is 0.100. The van der Waals surface area contributed by atoms with Gasteiger partial charge in [0.15, 0.2) is 0 Å². The van der Waals surface area contributed by atoms with Gasteiger partial charge in [-0.25, -0.2) is 4.98 Å². The quantitative estimate of drug-likeness (QED) is 0.783. The van der Waals surface area contributed by atoms with Crippen LogP contribution in [-0.2, 0) is 4.74 Å². The molecule has 1 unspecified atom stereocenters. The van der Waals surface area contributed by atoms with Gasteiger partial charge in [0.2, 0.25) is 0 Å². The van der Waals surface area contributed by atoms with Gasteiger partial charge in [-0.15, -0.1) is 0 Å². The van der Waals surface area contributed by atoms with Crippen molar-refractivity contribution in [1.29, 1.82) is 5.26 Å². The molecule has 0 bridgehead atoms. The Balaban J connectivity index is 2.70. The maximum atomic E-state index is 8.92. The first-order valence-corrected chi connectivity index (χ1v) is 5.17. The molecule has 1 heterocycles. The van der Waals surface area contributed by atoms with E-state index in [-0.39, 0.29) is 6.04 Å². The van der Waals surface area contributed by atoms with E-state index >= 15 is 0 Å². The summed E-state index contributed by atoms with van der Waals surface area (Å²) in [6.07, 6.45) is 1.52. The molecule has 16 heavy (non-hydrogen) atoms. The van der Waals surface area contributed by atoms with Gasteiger partial charge in [0, 0.05) is 12.6 Å². The second-order valence-electron chi connectivity index (χ2n) is 3.48. The molecule has 86 valence electrons. The minimum absolute atomic E-state index is 0.100. The number of pyridine rings is 1. The van der Waals surface area contributed by atoms with E-state index in [1.807, 2.05) is 13.8 Å². The van der Waals surface area contributed by atoms with Crippen LogP contribution < -0.4 is 11.1 Å². The fraction of sp³-hybridized carbons (Fsp3) is 0.455. The fourth-order valence-electron chi connectivity index (χ4n) is 1.25. The molecule has 3 N–H and O–H groups in total. The molecule has 1 rings (SSSR count). The van der Waals surface area contributed by atoms with Crippen LogP contribution in [0.25, 0.3) is 0 Å². The number of anilines is 2. The molecule has 0 aliphatic heterocycles. The van der Waals surface area contributed by atoms with Crippen LogP contribution in [0.5, 0.6) is 0 Å². The summed E-state index contributed by atoms with van der Waals surface area (Å²) < 4.78 is 5.27. The second-order valence-corrected chi connectivity index (χ2v) is 3.48. The zero-order valence-corrected chi connectivity index (χ0v) is 9.53. The zero-order valence-electron chi connectivity index (χ0n) is 9.53. The van der Waals surface area contributed by atoms with E-state index in [0.717, 1.165) is 0 Å². The van der Waals surface area contributed by atoms with E-state index in [1.165, 1.54) is 6.20 Å². The summed E-state index contributed by atoms with van der Waals surface area (Å²) >= 11 is 0. The standard InChI is InChI=1S/C11H16N4O/c1-3-16-7-8(2)15-11-9(5-12)4-10(13)6-14-11/h4,6,8H,3,7,13H2,1-2H3,(H,14,15). The number of hydrogen-bond acceptors (Lipinski definition) is 5. The first kappa shape index (κ1) is 12.3. The molecule has 0 fully saturated rings. The molecule has 0 aliphatic carbocycles. The summed E-state index contributed by atoms with van der Waals surface area (Å²) in [7, 11) is 0. The van der Waals surface area contributed by atoms with Gasteiger partial charge in [-0.1, -0.05) is 0 Å². The molecule has 0 saturated carbocycles. The maximum absolute atomic E-state index is 8.92. The number of nitrogens with two attached hydrogens (primary N) is 1. The van der Waals surface area contributed by atoms with Gasteiger partial charge in [0.05, 0.1) is 24.1 Å². The zero-order chi connectivity index (χ0) is 12.0. The Morgan fingerprint density at radius 3 is 3.06 bits per heavy atom. The lowest BCUT2D eigenvalue weighted by molar-refractivity contribution is 0.141. The summed E-state index contributed by atoms with van der Waals surface area (Å²) in [6.45, 7) is 5.16. The van der Waals surface area contributed by atoms with Crippen molar-refractivity contribution in [2.45, 2.75) is 19.9 Å². The highest BCUT2D eigenvalue weighted by Gasteiger charge is 2.07. The monoisotopic (exact) mass is 220 g/mol. The highest BCUT2D eigenvalue weighted by molar-refractivity contribution is 5.57. The SMILES string of the molecule is CCOCC(C)Nc1ncc(N)cc1C#N. The summed E-state index contributed by atoms with van der Waals surface area (Å²) in [6, 6.07) is 3.75. The van der Waals surface area contributed by atoms with Gasteiger partial charge in [0.25, 0.3) is 0 Å². The predicted molar refractivity (Wildman–Crippen MR) is 62.9 cm³/mol. The van der Waals surface area contributed by atoms with Crippen molar-refractivity contribution in [2.75, 3.05) is 24.3 Å². The first-order chi connectivity index (χ1) is 7.67. The van der Waals surface area contributed by atoms with Crippen LogP contribution in [0.1, 0.15) is 19.4 Å². The number of ether oxygens (including phenoxy) is 1. The largest absolute Gasteiger partial charge is 0.397 e. The minimum Gasteiger partial charge on any atom is -0.397 e. The topological polar surface area (TPSA) is 84.0 Å². The lowest BCUT2D eigenvalue weighted by Crippen LogP contribution is -2.23. The van der Waals surface area contributed by atoms with Crippen molar-refractivity contribution < 1.29 is 4.74 Å². The van der Waals surface area contributed by atoms with E-state index in [0.29, 0.717) is 30.3 Å². The molecule has 0 aliphatic rings. The Morgan fingerprint density at radius 1 is 1.69 bits per heavy atom. The third-order valence-corrected chi connectivity index (χ3v) is 1.98. The smallest absolute Gasteiger partial charge is 0.144 e. The van der Waals surface area contributed by atoms with Gasteiger partial charge in [-0.3, -0.25) is 0 Å². The third kappa shape index (κ3) is 3.41. The number of nitrogen functional groups attached to an aromatic ring is 1. The van der Waals surface area contributed by atoms with Crippen LogP contribution >= 0.6 is 0 Å². The predicted octanol–water partition coefficient (Wildman–Crippen LogP) is 1.37. The third-order valence-electron chi connectivity index (χ3n) is 1.98. The molecule has 0 spiro atoms. The normalized spacial score (nSPS) is 11.8. The lowest BCUT2D eigenvalue weighted by atomic mass is 10.2. The van der Waals surface area contributed by atoms with Gasteiger partial charge in [-0.2, -0.15) is 5.26 Å². The van der Waals surface area contributed by atoms with Gasteiger partial charge in [-0.05, 0) is 19.9 Å². The molecule has 0 saturated heterocycles. The fourth-order valence-corrected chi connectivity index (χ4v) is 1.25. The second kappa shape index (κ2) is 5.93. The molecular weight excluding hydrogens is 204 g/mol. The summed E-state index contributed by atoms with van der Waals surface area (Å²) in [5.41, 5.74) is 6.48. The number of rotatable bonds is 5. The van der Waals surface area contributed by atoms with Crippen molar-refractivity contribution in [2.24, 2.45) is 0 Å². The van der Waals surface area contributed by atoms with Gasteiger partial charge >= 0.3 is 0 Å². The Bertz CT molecular complexity index is 386. The van der Waals surface area contributed by atoms with Crippen molar-refractivity contribution in [3.8, 4) is 6.07 Å². The molecule has 5 heteroatoms. The van der Waals surface area contributed by atoms with Crippen LogP contribution in [0.4, 0.5) is 11.5 Å². The summed E-state index contributed by atoms with van der Waals surface area (Å²) in [5.74, 6) is 0.545. The highest BCUT2D eigenvalue weighted by atomic mass is 16.5. The number of hydrogen-bond donors (Lipinski definition) is 2. The highest BCUT2D eigenvalue weighted by Crippen LogP contribution is 2.15. The van der Waals surface area contributed by atoms with Crippen molar-refractivity contribution in [3.63, 3.8) is 0 Å². The van der Waals surface area contributed by atoms with Crippen molar-refractivity contribution in [3.05, 3.63) is 17.8 Å². The molecule has 1 aromatic heterocycles. The molecule has 0 aromatic carbocycles. The van der Waals surface area contributed by atoms with E-state index in [2.05, 4.69) is 16.4 Å². The van der Waals surface area contributed by atoms with E-state index in [9.17, 15) is 0 Å². The van der Waals surface area contributed by atoms with E-state index in [1.54, 1.807) is 6.07 Å². The average Bonchev–Trinajstić information content (AvgIpc) is 2.28. The molecule has 5 nitrogen and oxygen atoms in total. The number of aromatic nitrogens is 1. The number of nitrogens with zero attached hydrogens (tertiary/aromatic N) is 2. The lowest BCUT2D eigenvalue weighted by Gasteiger charge is -2.15. The van der Waals surface area contributed by atoms with Crippen molar-refractivity contribution >= 4 is 11.5 Å². The van der Waals surface area contributed by atoms with Crippen LogP contribution in [0, 0.1) is 11.3 Å². The molecule has 0 radical (unpaired) electrons. The molecule has 1 atom stereocenters. The van der Waals surface area contributed by atoms with Crippen LogP contribution in [0.15, 0.2) is 12.3 Å². The average molecular weight is 220 g/mol. The van der Waals surface area contributed by atoms with Crippen LogP contribution in [0.3, 0.4) is 0 Å². The molecule has 0 amide bonds. The Kier molecular flexibility index (Phi) is 4.55. The summed E-state index contributed by atoms with van der Waals surface area (Å²) in [5, 5.41) is 12.0. The number of nitrogens with one attached hydrogen (secondary N) is 1. The van der Waals surface area contributed by atoms with Gasteiger partial charge in [0.1, 0.15) is 11.9 Å². The maximum Gasteiger partial charge on any atom is 0.144 e.